The first-order valence-corrected chi connectivity index (χ1v) is 7.70. The molecule has 1 aliphatic heterocycles. The maximum absolute atomic E-state index is 12.9. The van der Waals surface area contributed by atoms with E-state index in [4.69, 9.17) is 0 Å². The Morgan fingerprint density at radius 1 is 1.29 bits per heavy atom. The van der Waals surface area contributed by atoms with Crippen molar-refractivity contribution in [3.05, 3.63) is 46.4 Å². The molecule has 9 heteroatoms. The van der Waals surface area contributed by atoms with E-state index in [9.17, 15) is 18.0 Å². The van der Waals surface area contributed by atoms with Crippen molar-refractivity contribution in [1.82, 2.24) is 24.2 Å². The summed E-state index contributed by atoms with van der Waals surface area (Å²) >= 11 is 0. The number of aromatic nitrogens is 4. The van der Waals surface area contributed by atoms with Gasteiger partial charge < -0.3 is 0 Å². The first-order valence-electron chi connectivity index (χ1n) is 7.70. The molecule has 3 heterocycles. The van der Waals surface area contributed by atoms with Crippen LogP contribution >= 0.6 is 0 Å². The topological polar surface area (TPSA) is 56.0 Å². The third kappa shape index (κ3) is 3.35. The zero-order valence-electron chi connectivity index (χ0n) is 13.2. The van der Waals surface area contributed by atoms with E-state index in [0.717, 1.165) is 23.8 Å². The molecule has 1 saturated heterocycles. The number of likely N-dealkylation sites (tertiary alicyclic amines) is 1. The van der Waals surface area contributed by atoms with Crippen molar-refractivity contribution < 1.29 is 13.2 Å². The maximum atomic E-state index is 12.9. The van der Waals surface area contributed by atoms with Crippen LogP contribution in [0, 0.1) is 0 Å². The number of hydrogen-bond acceptors (Lipinski definition) is 4. The third-order valence-electron chi connectivity index (χ3n) is 4.29. The molecule has 0 spiro atoms. The molecule has 0 N–H and O–H groups in total. The van der Waals surface area contributed by atoms with Gasteiger partial charge in [0.1, 0.15) is 0 Å². The number of piperidine rings is 1. The highest BCUT2D eigenvalue weighted by atomic mass is 19.4. The monoisotopic (exact) mass is 341 g/mol. The molecule has 0 bridgehead atoms. The highest BCUT2D eigenvalue weighted by Gasteiger charge is 2.39. The Morgan fingerprint density at radius 3 is 2.54 bits per heavy atom. The Hall–Kier alpha value is -2.16. The van der Waals surface area contributed by atoms with Crippen LogP contribution in [0.2, 0.25) is 0 Å². The van der Waals surface area contributed by atoms with Gasteiger partial charge in [-0.25, -0.2) is 9.48 Å². The van der Waals surface area contributed by atoms with Gasteiger partial charge in [0.05, 0.1) is 6.04 Å². The number of nitrogens with zero attached hydrogens (tertiary/aromatic N) is 5. The van der Waals surface area contributed by atoms with Crippen LogP contribution in [0.25, 0.3) is 0 Å². The Balaban J connectivity index is 1.68. The summed E-state index contributed by atoms with van der Waals surface area (Å²) < 4.78 is 40.2. The Bertz CT molecular complexity index is 745. The first kappa shape index (κ1) is 16.7. The van der Waals surface area contributed by atoms with Gasteiger partial charge in [-0.1, -0.05) is 6.07 Å². The number of hydrogen-bond donors (Lipinski definition) is 0. The molecule has 0 radical (unpaired) electrons. The van der Waals surface area contributed by atoms with E-state index in [1.165, 1.54) is 0 Å². The van der Waals surface area contributed by atoms with E-state index in [0.29, 0.717) is 30.5 Å². The standard InChI is InChI=1S/C15H18F3N5O/c1-21-13(15(16,17)18)20-23(14(21)24)12-4-7-22(8-5-12)10-11-3-2-6-19-9-11/h2-3,6,9,12H,4-5,7-8,10H2,1H3. The zero-order valence-corrected chi connectivity index (χ0v) is 13.2. The maximum Gasteiger partial charge on any atom is 0.451 e. The molecule has 1 fully saturated rings. The SMILES string of the molecule is Cn1c(C(F)(F)F)nn(C2CCN(Cc3cccnc3)CC2)c1=O. The molecule has 0 unspecified atom stereocenters. The van der Waals surface area contributed by atoms with Crippen molar-refractivity contribution in [1.29, 1.82) is 0 Å². The predicted molar refractivity (Wildman–Crippen MR) is 80.3 cm³/mol. The lowest BCUT2D eigenvalue weighted by molar-refractivity contribution is -0.147. The minimum Gasteiger partial charge on any atom is -0.299 e. The van der Waals surface area contributed by atoms with Gasteiger partial charge in [0.25, 0.3) is 0 Å². The molecule has 2 aromatic rings. The number of pyridine rings is 1. The van der Waals surface area contributed by atoms with Crippen molar-refractivity contribution in [2.24, 2.45) is 7.05 Å². The van der Waals surface area contributed by atoms with E-state index in [2.05, 4.69) is 15.0 Å². The van der Waals surface area contributed by atoms with Crippen molar-refractivity contribution in [3.8, 4) is 0 Å². The third-order valence-corrected chi connectivity index (χ3v) is 4.29. The highest BCUT2D eigenvalue weighted by Crippen LogP contribution is 2.28. The van der Waals surface area contributed by atoms with Gasteiger partial charge in [-0.2, -0.15) is 13.2 Å². The van der Waals surface area contributed by atoms with Gasteiger partial charge in [-0.05, 0) is 24.5 Å². The van der Waals surface area contributed by atoms with Crippen LogP contribution in [0.4, 0.5) is 13.2 Å². The van der Waals surface area contributed by atoms with Gasteiger partial charge in [0.2, 0.25) is 5.82 Å². The van der Waals surface area contributed by atoms with Crippen LogP contribution in [0.3, 0.4) is 0 Å². The van der Waals surface area contributed by atoms with E-state index in [1.54, 1.807) is 12.4 Å². The molecule has 0 aliphatic carbocycles. The summed E-state index contributed by atoms with van der Waals surface area (Å²) in [6, 6.07) is 3.55. The molecule has 2 aromatic heterocycles. The highest BCUT2D eigenvalue weighted by molar-refractivity contribution is 5.08. The molecule has 0 aromatic carbocycles. The molecule has 130 valence electrons. The van der Waals surface area contributed by atoms with Crippen LogP contribution in [0.5, 0.6) is 0 Å². The van der Waals surface area contributed by atoms with E-state index < -0.39 is 17.7 Å². The predicted octanol–water partition coefficient (Wildman–Crippen LogP) is 1.83. The van der Waals surface area contributed by atoms with Crippen LogP contribution in [0.15, 0.2) is 29.3 Å². The molecular formula is C15H18F3N5O. The van der Waals surface area contributed by atoms with Crippen LogP contribution in [-0.4, -0.2) is 37.3 Å². The molecular weight excluding hydrogens is 323 g/mol. The molecule has 0 amide bonds. The number of rotatable bonds is 3. The Morgan fingerprint density at radius 2 is 2.00 bits per heavy atom. The average Bonchev–Trinajstić information content (AvgIpc) is 2.85. The summed E-state index contributed by atoms with van der Waals surface area (Å²) in [5.74, 6) is -1.15. The molecule has 0 saturated carbocycles. The quantitative estimate of drug-likeness (QED) is 0.855. The summed E-state index contributed by atoms with van der Waals surface area (Å²) in [5.41, 5.74) is 0.373. The number of halogens is 3. The van der Waals surface area contributed by atoms with Crippen LogP contribution in [0.1, 0.15) is 30.3 Å². The van der Waals surface area contributed by atoms with Gasteiger partial charge in [-0.3, -0.25) is 14.5 Å². The lowest BCUT2D eigenvalue weighted by Crippen LogP contribution is -2.37. The smallest absolute Gasteiger partial charge is 0.299 e. The zero-order chi connectivity index (χ0) is 17.3. The summed E-state index contributed by atoms with van der Waals surface area (Å²) in [5, 5.41) is 3.53. The summed E-state index contributed by atoms with van der Waals surface area (Å²) in [7, 11) is 1.10. The van der Waals surface area contributed by atoms with E-state index in [1.807, 2.05) is 12.1 Å². The van der Waals surface area contributed by atoms with Crippen molar-refractivity contribution >= 4 is 0 Å². The largest absolute Gasteiger partial charge is 0.451 e. The van der Waals surface area contributed by atoms with Gasteiger partial charge in [-0.15, -0.1) is 5.10 Å². The van der Waals surface area contributed by atoms with Gasteiger partial charge >= 0.3 is 11.9 Å². The fourth-order valence-electron chi connectivity index (χ4n) is 3.01. The minimum atomic E-state index is -4.62. The fourth-order valence-corrected chi connectivity index (χ4v) is 3.01. The van der Waals surface area contributed by atoms with E-state index >= 15 is 0 Å². The van der Waals surface area contributed by atoms with Crippen LogP contribution in [-0.2, 0) is 19.8 Å². The molecule has 3 rings (SSSR count). The Kier molecular flexibility index (Phi) is 4.44. The normalized spacial score (nSPS) is 17.3. The lowest BCUT2D eigenvalue weighted by atomic mass is 10.0. The van der Waals surface area contributed by atoms with E-state index in [-0.39, 0.29) is 6.04 Å². The fraction of sp³-hybridized carbons (Fsp3) is 0.533. The van der Waals surface area contributed by atoms with Gasteiger partial charge in [0.15, 0.2) is 0 Å². The minimum absolute atomic E-state index is 0.301. The first-order chi connectivity index (χ1) is 11.4. The number of alkyl halides is 3. The van der Waals surface area contributed by atoms with Crippen molar-refractivity contribution in [2.75, 3.05) is 13.1 Å². The molecule has 6 nitrogen and oxygen atoms in total. The molecule has 0 atom stereocenters. The average molecular weight is 341 g/mol. The summed E-state index contributed by atoms with van der Waals surface area (Å²) in [6.45, 7) is 2.14. The molecule has 24 heavy (non-hydrogen) atoms. The summed E-state index contributed by atoms with van der Waals surface area (Å²) in [4.78, 5) is 18.3. The lowest BCUT2D eigenvalue weighted by Gasteiger charge is -2.31. The molecule has 1 aliphatic rings. The Labute approximate surface area is 136 Å². The van der Waals surface area contributed by atoms with Crippen LogP contribution < -0.4 is 5.69 Å². The second-order valence-electron chi connectivity index (χ2n) is 5.98. The van der Waals surface area contributed by atoms with Crippen molar-refractivity contribution in [2.45, 2.75) is 31.6 Å². The second kappa shape index (κ2) is 6.39. The van der Waals surface area contributed by atoms with Gasteiger partial charge in [0, 0.05) is 39.1 Å². The van der Waals surface area contributed by atoms with Crippen molar-refractivity contribution in [3.63, 3.8) is 0 Å². The second-order valence-corrected chi connectivity index (χ2v) is 5.98. The summed E-state index contributed by atoms with van der Waals surface area (Å²) in [6.07, 6.45) is 0.0650.